The number of carboxylic acids is 1. The average Bonchev–Trinajstić information content (AvgIpc) is 3.21. The predicted octanol–water partition coefficient (Wildman–Crippen LogP) is 2.99. The molecule has 0 bridgehead atoms. The van der Waals surface area contributed by atoms with Gasteiger partial charge in [0.1, 0.15) is 0 Å². The molecule has 1 aromatic carbocycles. The zero-order valence-electron chi connectivity index (χ0n) is 11.6. The third kappa shape index (κ3) is 5.26. The largest absolute Gasteiger partial charge is 0.478 e. The molecular formula is C18H14FeO3. The second-order valence-corrected chi connectivity index (χ2v) is 4.32. The van der Waals surface area contributed by atoms with Crippen molar-refractivity contribution in [2.24, 2.45) is 0 Å². The second kappa shape index (κ2) is 9.81. The molecular weight excluding hydrogens is 320 g/mol. The molecule has 0 amide bonds. The molecule has 2 aliphatic rings. The molecule has 1 N–H and O–H groups in total. The molecule has 0 atom stereocenters. The fourth-order valence-electron chi connectivity index (χ4n) is 1.87. The van der Waals surface area contributed by atoms with E-state index in [-0.39, 0.29) is 34.0 Å². The molecule has 0 aromatic heterocycles. The maximum Gasteiger partial charge on any atom is 0.336 e. The Morgan fingerprint density at radius 2 is 1.18 bits per heavy atom. The number of aromatic carboxylic acids is 1. The summed E-state index contributed by atoms with van der Waals surface area (Å²) in [5.41, 5.74) is 0.259. The first-order valence-corrected chi connectivity index (χ1v) is 6.45. The number of carbonyl (C=O) groups excluding carboxylic acids is 1. The molecule has 0 unspecified atom stereocenters. The second-order valence-electron chi connectivity index (χ2n) is 4.32. The van der Waals surface area contributed by atoms with Crippen molar-refractivity contribution in [3.05, 3.63) is 99.1 Å². The van der Waals surface area contributed by atoms with Gasteiger partial charge >= 0.3 is 5.97 Å². The Labute approximate surface area is 143 Å². The first-order valence-electron chi connectivity index (χ1n) is 6.45. The Hall–Kier alpha value is -1.12. The summed E-state index contributed by atoms with van der Waals surface area (Å²) in [6.07, 6.45) is 16.8. The van der Waals surface area contributed by atoms with Crippen LogP contribution in [0.25, 0.3) is 0 Å². The SMILES string of the molecule is O=C(O)c1ccccc1C(=O)[C]1[CH][CH][CH][CH]1.[CH]1[CH][CH][CH][CH]1.[Fe]. The van der Waals surface area contributed by atoms with Crippen LogP contribution in [0, 0.1) is 63.7 Å². The van der Waals surface area contributed by atoms with Crippen molar-refractivity contribution in [3.63, 3.8) is 0 Å². The summed E-state index contributed by atoms with van der Waals surface area (Å²) in [5, 5.41) is 8.96. The van der Waals surface area contributed by atoms with Crippen LogP contribution in [0.1, 0.15) is 20.7 Å². The summed E-state index contributed by atoms with van der Waals surface area (Å²) in [6.45, 7) is 0. The summed E-state index contributed by atoms with van der Waals surface area (Å²) in [5.74, 6) is -0.841. The van der Waals surface area contributed by atoms with Crippen LogP contribution < -0.4 is 0 Å². The Kier molecular flexibility index (Phi) is 8.44. The number of ketones is 1. The zero-order valence-corrected chi connectivity index (χ0v) is 12.7. The average molecular weight is 334 g/mol. The molecule has 0 spiro atoms. The third-order valence-corrected chi connectivity index (χ3v) is 2.88. The zero-order chi connectivity index (χ0) is 15.1. The summed E-state index contributed by atoms with van der Waals surface area (Å²) in [4.78, 5) is 22.9. The number of benzene rings is 1. The third-order valence-electron chi connectivity index (χ3n) is 2.88. The fourth-order valence-corrected chi connectivity index (χ4v) is 1.87. The van der Waals surface area contributed by atoms with E-state index in [2.05, 4.69) is 0 Å². The van der Waals surface area contributed by atoms with Crippen molar-refractivity contribution in [1.29, 1.82) is 0 Å². The standard InChI is InChI=1S/C13H9O3.C5H5.Fe/c14-12(9-5-1-2-6-9)10-7-3-4-8-11(10)13(15)16;1-2-4-5-3-1;/h1-8H,(H,15,16);1-5H;. The van der Waals surface area contributed by atoms with E-state index < -0.39 is 5.97 Å². The summed E-state index contributed by atoms with van der Waals surface area (Å²) in [6, 6.07) is 6.21. The smallest absolute Gasteiger partial charge is 0.336 e. The molecule has 3 nitrogen and oxygen atoms in total. The van der Waals surface area contributed by atoms with Crippen LogP contribution in [0.3, 0.4) is 0 Å². The number of hydrogen-bond acceptors (Lipinski definition) is 2. The van der Waals surface area contributed by atoms with Gasteiger partial charge in [-0.3, -0.25) is 4.79 Å². The van der Waals surface area contributed by atoms with Crippen LogP contribution >= 0.6 is 0 Å². The van der Waals surface area contributed by atoms with Crippen LogP contribution in [0.4, 0.5) is 0 Å². The van der Waals surface area contributed by atoms with E-state index >= 15 is 0 Å². The van der Waals surface area contributed by atoms with Crippen molar-refractivity contribution in [3.8, 4) is 0 Å². The number of carboxylic acid groups (broad SMARTS) is 1. The van der Waals surface area contributed by atoms with Crippen molar-refractivity contribution >= 4 is 11.8 Å². The summed E-state index contributed by atoms with van der Waals surface area (Å²) in [7, 11) is 0. The van der Waals surface area contributed by atoms with Gasteiger partial charge in [-0.15, -0.1) is 0 Å². The van der Waals surface area contributed by atoms with Crippen LogP contribution in [-0.4, -0.2) is 16.9 Å². The van der Waals surface area contributed by atoms with Gasteiger partial charge in [0.2, 0.25) is 0 Å². The van der Waals surface area contributed by atoms with Crippen molar-refractivity contribution in [2.75, 3.05) is 0 Å². The number of Topliss-reactive ketones (excluding diaryl/α,β-unsaturated/α-hetero) is 1. The van der Waals surface area contributed by atoms with E-state index in [1.165, 1.54) is 12.1 Å². The van der Waals surface area contributed by atoms with E-state index in [9.17, 15) is 9.59 Å². The van der Waals surface area contributed by atoms with Gasteiger partial charge in [0.15, 0.2) is 5.78 Å². The predicted molar refractivity (Wildman–Crippen MR) is 79.7 cm³/mol. The molecule has 0 aliphatic heterocycles. The number of rotatable bonds is 3. The fraction of sp³-hybridized carbons (Fsp3) is 0. The molecule has 22 heavy (non-hydrogen) atoms. The van der Waals surface area contributed by atoms with Crippen LogP contribution in [-0.2, 0) is 17.1 Å². The van der Waals surface area contributed by atoms with Gasteiger partial charge < -0.3 is 5.11 Å². The number of carbonyl (C=O) groups is 2. The normalized spacial score (nSPS) is 17.3. The van der Waals surface area contributed by atoms with Gasteiger partial charge in [-0.25, -0.2) is 4.79 Å². The van der Waals surface area contributed by atoms with Crippen molar-refractivity contribution in [1.82, 2.24) is 0 Å². The molecule has 4 heteroatoms. The molecule has 2 fully saturated rings. The maximum absolute atomic E-state index is 12.0. The van der Waals surface area contributed by atoms with Crippen molar-refractivity contribution in [2.45, 2.75) is 0 Å². The van der Waals surface area contributed by atoms with Crippen LogP contribution in [0.5, 0.6) is 0 Å². The van der Waals surface area contributed by atoms with E-state index in [0.717, 1.165) is 0 Å². The molecule has 2 saturated carbocycles. The molecule has 0 saturated heterocycles. The van der Waals surface area contributed by atoms with Gasteiger partial charge in [0.05, 0.1) is 11.5 Å². The molecule has 10 radical (unpaired) electrons. The Balaban J connectivity index is 0.000000344. The first-order chi connectivity index (χ1) is 10.2. The summed E-state index contributed by atoms with van der Waals surface area (Å²) >= 11 is 0. The van der Waals surface area contributed by atoms with Gasteiger partial charge in [0.25, 0.3) is 0 Å². The molecule has 3 rings (SSSR count). The summed E-state index contributed by atoms with van der Waals surface area (Å²) < 4.78 is 0. The van der Waals surface area contributed by atoms with E-state index in [0.29, 0.717) is 5.92 Å². The quantitative estimate of drug-likeness (QED) is 0.683. The van der Waals surface area contributed by atoms with Crippen LogP contribution in [0.15, 0.2) is 24.3 Å². The Bertz CT molecular complexity index is 481. The van der Waals surface area contributed by atoms with Gasteiger partial charge in [-0.1, -0.05) is 18.2 Å². The van der Waals surface area contributed by atoms with Gasteiger partial charge in [-0.05, 0) is 63.9 Å². The minimum Gasteiger partial charge on any atom is -0.478 e. The molecule has 112 valence electrons. The Morgan fingerprint density at radius 3 is 1.64 bits per heavy atom. The van der Waals surface area contributed by atoms with Gasteiger partial charge in [0, 0.05) is 22.6 Å². The first kappa shape index (κ1) is 18.9. The van der Waals surface area contributed by atoms with Gasteiger partial charge in [-0.2, -0.15) is 0 Å². The maximum atomic E-state index is 12.0. The van der Waals surface area contributed by atoms with E-state index in [1.807, 2.05) is 32.1 Å². The topological polar surface area (TPSA) is 54.4 Å². The van der Waals surface area contributed by atoms with Crippen molar-refractivity contribution < 1.29 is 31.8 Å². The molecule has 1 aromatic rings. The van der Waals surface area contributed by atoms with E-state index in [1.54, 1.807) is 37.8 Å². The Morgan fingerprint density at radius 1 is 0.727 bits per heavy atom. The minimum atomic E-state index is -1.09. The molecule has 0 heterocycles. The van der Waals surface area contributed by atoms with Crippen LogP contribution in [0.2, 0.25) is 0 Å². The molecule has 2 aliphatic carbocycles. The minimum absolute atomic E-state index is 0. The number of hydrogen-bond donors (Lipinski definition) is 1. The van der Waals surface area contributed by atoms with E-state index in [4.69, 9.17) is 5.11 Å². The monoisotopic (exact) mass is 334 g/mol.